The van der Waals surface area contributed by atoms with E-state index in [1.54, 1.807) is 56.7 Å². The first kappa shape index (κ1) is 134. The fraction of sp³-hybridized carbons (Fsp3) is 0.456. The van der Waals surface area contributed by atoms with Crippen molar-refractivity contribution in [2.75, 3.05) is 52.4 Å². The van der Waals surface area contributed by atoms with E-state index < -0.39 is 70.5 Å². The Kier molecular flexibility index (Phi) is 57.2. The number of unbranched alkanes of at least 4 members (excludes halogenated alkanes) is 1. The van der Waals surface area contributed by atoms with Crippen molar-refractivity contribution in [1.82, 2.24) is 19.6 Å². The van der Waals surface area contributed by atoms with Crippen molar-refractivity contribution in [2.45, 2.75) is 252 Å². The number of carbonyl (C=O) groups excluding carboxylic acids is 5. The Bertz CT molecular complexity index is 5510. The van der Waals surface area contributed by atoms with E-state index in [1.807, 2.05) is 174 Å². The predicted molar refractivity (Wildman–Crippen MR) is 590 cm³/mol. The topological polar surface area (TPSA) is 382 Å². The zero-order chi connectivity index (χ0) is 104. The number of hydrogen-bond donors (Lipinski definition) is 10. The molecule has 145 heavy (non-hydrogen) atoms. The van der Waals surface area contributed by atoms with Gasteiger partial charge in [-0.15, -0.1) is 70.2 Å². The van der Waals surface area contributed by atoms with E-state index in [-0.39, 0.29) is 137 Å². The smallest absolute Gasteiger partial charge is 0.482 e. The van der Waals surface area contributed by atoms with Crippen molar-refractivity contribution >= 4 is 200 Å². The largest absolute Gasteiger partial charge is 1.00 e. The minimum absolute atomic E-state index is 0. The summed E-state index contributed by atoms with van der Waals surface area (Å²) >= 11 is 19.9. The molecule has 42 heteroatoms. The molecular weight excluding hydrogens is 2250 g/mol. The van der Waals surface area contributed by atoms with Gasteiger partial charge in [0.2, 0.25) is 0 Å². The van der Waals surface area contributed by atoms with E-state index in [4.69, 9.17) is 63.4 Å². The number of thiol groups is 1. The number of aliphatic carboxylic acids is 2. The van der Waals surface area contributed by atoms with Crippen LogP contribution in [0.25, 0.3) is 31.3 Å². The van der Waals surface area contributed by atoms with Gasteiger partial charge in [0.1, 0.15) is 73.4 Å². The van der Waals surface area contributed by atoms with Crippen molar-refractivity contribution in [1.29, 1.82) is 0 Å². The fourth-order valence-corrected chi connectivity index (χ4v) is 22.2. The molecule has 6 aromatic heterocycles. The number of thiophene rings is 6. The number of aromatic hydroxyl groups is 2. The maximum atomic E-state index is 12.3. The van der Waals surface area contributed by atoms with E-state index in [0.717, 1.165) is 57.1 Å². The monoisotopic (exact) mass is 2380 g/mol. The van der Waals surface area contributed by atoms with Crippen LogP contribution in [0.2, 0.25) is 0 Å². The van der Waals surface area contributed by atoms with Gasteiger partial charge in [0.25, 0.3) is 11.9 Å². The Hall–Kier alpha value is -7.15. The summed E-state index contributed by atoms with van der Waals surface area (Å²) in [6.45, 7) is 32.7. The molecule has 8 aliphatic rings. The van der Waals surface area contributed by atoms with Crippen molar-refractivity contribution in [2.24, 2.45) is 4.30 Å². The van der Waals surface area contributed by atoms with Gasteiger partial charge < -0.3 is 101 Å². The minimum atomic E-state index is -1.60. The van der Waals surface area contributed by atoms with Gasteiger partial charge >= 0.3 is 75.1 Å². The molecule has 4 saturated heterocycles. The minimum Gasteiger partial charge on any atom is -0.482 e. The van der Waals surface area contributed by atoms with Crippen LogP contribution in [-0.4, -0.2) is 197 Å². The third-order valence-corrected chi connectivity index (χ3v) is 28.6. The number of aliphatic hydroxyl groups is 3. The fourth-order valence-electron chi connectivity index (χ4n) is 15.7. The van der Waals surface area contributed by atoms with E-state index in [0.29, 0.717) is 64.0 Å². The summed E-state index contributed by atoms with van der Waals surface area (Å²) in [5.41, 5.74) is 3.58. The number of carboxylic acids is 2. The number of phenols is 2. The van der Waals surface area contributed by atoms with Gasteiger partial charge in [0.15, 0.2) is 5.78 Å². The van der Waals surface area contributed by atoms with Crippen LogP contribution >= 0.6 is 138 Å². The molecular formula is C103H137B2Br2Cl2LiN5O22PdS7. The molecule has 793 valence electrons. The van der Waals surface area contributed by atoms with Gasteiger partial charge in [-0.05, 0) is 308 Å². The van der Waals surface area contributed by atoms with Crippen LogP contribution in [0.1, 0.15) is 229 Å². The van der Waals surface area contributed by atoms with E-state index in [2.05, 4.69) is 142 Å². The second-order valence-corrected chi connectivity index (χ2v) is 45.5. The van der Waals surface area contributed by atoms with E-state index in [1.165, 1.54) is 139 Å². The number of likely N-dealkylation sites (tertiary alicyclic amines) is 4. The summed E-state index contributed by atoms with van der Waals surface area (Å²) < 4.78 is 38.7. The van der Waals surface area contributed by atoms with Crippen molar-refractivity contribution in [3.05, 3.63) is 220 Å². The predicted octanol–water partition coefficient (Wildman–Crippen LogP) is 22.3. The van der Waals surface area contributed by atoms with Crippen LogP contribution in [0, 0.1) is 6.92 Å². The number of benzene rings is 4. The number of para-hydroxylation sites is 4. The zero-order valence-electron chi connectivity index (χ0n) is 84.1. The molecule has 9 N–H and O–H groups in total. The van der Waals surface area contributed by atoms with Crippen LogP contribution in [0.15, 0.2) is 189 Å². The summed E-state index contributed by atoms with van der Waals surface area (Å²) in [5.74, 6) is 0.661. The first-order valence-electron chi connectivity index (χ1n) is 45.8. The summed E-state index contributed by atoms with van der Waals surface area (Å²) in [6.07, 6.45) is 12.6. The number of β-amino-alcohol motifs (C(OH)–C–C–N with tert-alkyl or cyclic N) is 3. The molecule has 2 spiro atoms. The molecule has 3 atom stereocenters. The third kappa shape index (κ3) is 41.9. The molecule has 6 fully saturated rings. The number of carbonyl (C=O) groups is 7. The second-order valence-electron chi connectivity index (χ2n) is 37.8. The van der Waals surface area contributed by atoms with Gasteiger partial charge in [0, 0.05) is 136 Å². The number of Topliss-reactive ketones (excluding diaryl/α,β-unsaturated/α-hetero) is 1. The van der Waals surface area contributed by atoms with Gasteiger partial charge in [-0.25, -0.2) is 19.2 Å². The summed E-state index contributed by atoms with van der Waals surface area (Å²) in [6, 6.07) is 42.3. The molecule has 4 aromatic carbocycles. The third-order valence-electron chi connectivity index (χ3n) is 21.9. The van der Waals surface area contributed by atoms with Crippen LogP contribution < -0.4 is 33.8 Å². The molecule has 6 aliphatic heterocycles. The number of fused-ring (bicyclic) bond motifs is 8. The number of amides is 4. The zero-order valence-corrected chi connectivity index (χ0v) is 96.2. The Morgan fingerprint density at radius 3 is 1.14 bits per heavy atom. The number of phenolic OH excluding ortho intramolecular Hbond substituents is 2. The van der Waals surface area contributed by atoms with Crippen LogP contribution in [0.4, 0.5) is 19.2 Å². The molecule has 3 unspecified atom stereocenters. The normalized spacial score (nSPS) is 17.6. The van der Waals surface area contributed by atoms with E-state index >= 15 is 0 Å². The number of hydrogen-bond acceptors (Lipinski definition) is 28. The molecule has 4 amide bonds. The number of carboxylic acid groups (broad SMARTS) is 2. The van der Waals surface area contributed by atoms with Crippen molar-refractivity contribution in [3.63, 3.8) is 0 Å². The molecule has 10 aromatic rings. The molecule has 1 radical (unpaired) electrons. The Balaban J connectivity index is 0.000000555. The molecule has 12 heterocycles. The Morgan fingerprint density at radius 1 is 0.490 bits per heavy atom. The van der Waals surface area contributed by atoms with Crippen LogP contribution in [-0.2, 0) is 81.8 Å². The van der Waals surface area contributed by atoms with Crippen molar-refractivity contribution < 1.29 is 147 Å². The standard InChI is InChI=1S/C19H23NO4S.2C15H14OS.C13H18BrNO3S.C13H19NO3S.C9H15NO3.C6H7BO3.C4H3BrS.C4H9.2C2H4O2.CH4.BHNS.2ClH.Li.Pd/c1-18(2,3)24-17(22)20-10-9-19(23,12-20)14-8-11-25-16(14)13-6-4-5-7-15(13)21;2*1-2-6-13-11(5-1)14-12(7-10-17-14)15(16-13)8-3-4-9-15;1-12(2,3)18-11(16)15-6-5-13(17,8-15)9-4-7-19-10(9)14;1-12(2,3)17-11(15)14-6-5-13(16,9-14)10-4-7-18-8-10;1-9(2,3)13-8(12)10-5-4-7(11)6-10;8-6-4-2-1-3-5(6)7(9)10;5-4-1-2-6-3-4;1-3-4-2;2*1-2(3)4;;1-2-3;;;;/h4-8,11,21,23H,9-10,12H2,1-3H3;2*1-2,5-7,10H,3-4,8-9H2;4,7,17H,5-6,8H2,1-3H3;4,7-8,16H,5-6,9H2,1-3H3;4-6H2,1-3H3;1-4,8-10H;1-3H;1,3-4H2,2H3;2*1H3,(H,3,4);1H4;3H;2*1H;;/q;;;;;;;;-1;;;;;;;+1;. The Labute approximate surface area is 939 Å². The second kappa shape index (κ2) is 62.0. The molecule has 27 nitrogen and oxygen atoms in total. The van der Waals surface area contributed by atoms with Crippen LogP contribution in [0.3, 0.4) is 0 Å². The summed E-state index contributed by atoms with van der Waals surface area (Å²) in [4.78, 5) is 86.2. The van der Waals surface area contributed by atoms with Gasteiger partial charge in [-0.3, -0.25) is 14.4 Å². The van der Waals surface area contributed by atoms with Gasteiger partial charge in [-0.2, -0.15) is 29.1 Å². The van der Waals surface area contributed by atoms with Gasteiger partial charge in [0.05, 0.1) is 30.0 Å². The molecule has 2 saturated carbocycles. The maximum Gasteiger partial charge on any atom is 1.00 e. The SMILES string of the molecule is Brc1ccsc1.C.CC(=O)O.CC(=O)O.CC(C)(C)OC(=O)N1CCC(=O)C1.CC(C)(C)OC(=O)N1CCC(O)(c2ccsc2)C1.CC(C)(C)OC(=O)N1CCC(O)(c2ccsc2-c2ccccc2O)C1.CC(C)(C)OC(=O)N1CCC(O)(c2ccsc2Br)C1.Cl.Cl.OB(O)c1ccccc1O.[B]=NS.[CH2-]CCC.[Li+].[Pd].c1ccc2c(c1)OC1(CCCC1)c1ccsc1-2.c1ccc2c(c1)OC1(CCCC1)c1ccsc1-2. The van der Waals surface area contributed by atoms with E-state index in [9.17, 15) is 44.4 Å². The number of ether oxygens (including phenoxy) is 6. The van der Waals surface area contributed by atoms with Gasteiger partial charge in [-0.1, -0.05) is 75.4 Å². The summed E-state index contributed by atoms with van der Waals surface area (Å²) in [7, 11) is 2.74. The average molecular weight is 2390 g/mol. The molecule has 2 aliphatic carbocycles. The maximum absolute atomic E-state index is 12.3. The van der Waals surface area contributed by atoms with Crippen LogP contribution in [0.5, 0.6) is 23.0 Å². The first-order chi connectivity index (χ1) is 65.8. The summed E-state index contributed by atoms with van der Waals surface area (Å²) in [5, 5.41) is 99.7. The number of ketones is 1. The quantitative estimate of drug-likeness (QED) is 0.0320. The number of rotatable bonds is 6. The number of nitrogens with zero attached hydrogens (tertiary/aromatic N) is 5. The average Bonchev–Trinajstić information content (AvgIpc) is 1.60. The Morgan fingerprint density at radius 2 is 0.821 bits per heavy atom. The molecule has 18 rings (SSSR count). The number of halogens is 4. The molecule has 0 bridgehead atoms. The van der Waals surface area contributed by atoms with Crippen molar-refractivity contribution in [3.8, 4) is 54.3 Å². The first-order valence-corrected chi connectivity index (χ1v) is 53.2.